The summed E-state index contributed by atoms with van der Waals surface area (Å²) in [5, 5.41) is 3.17. The molecule has 4 rings (SSSR count). The minimum absolute atomic E-state index is 0.0355. The number of methoxy groups -OCH3 is 1. The van der Waals surface area contributed by atoms with Gasteiger partial charge in [-0.15, -0.1) is 0 Å². The van der Waals surface area contributed by atoms with E-state index in [4.69, 9.17) is 13.7 Å². The van der Waals surface area contributed by atoms with Crippen molar-refractivity contribution in [1.82, 2.24) is 9.97 Å². The van der Waals surface area contributed by atoms with Crippen LogP contribution in [0.2, 0.25) is 0 Å². The monoisotopic (exact) mass is 442 g/mol. The number of rotatable bonds is 5. The molecule has 0 aliphatic carbocycles. The van der Waals surface area contributed by atoms with Crippen molar-refractivity contribution in [2.75, 3.05) is 13.4 Å². The van der Waals surface area contributed by atoms with Gasteiger partial charge in [0.1, 0.15) is 5.75 Å². The van der Waals surface area contributed by atoms with Crippen LogP contribution in [0.3, 0.4) is 0 Å². The summed E-state index contributed by atoms with van der Waals surface area (Å²) in [7, 11) is -2.31. The number of carbonyl (C=O) groups excluding carboxylic acids is 1. The third-order valence-corrected chi connectivity index (χ3v) is 5.81. The minimum Gasteiger partial charge on any atom is -0.425 e. The standard InChI is InChI=1S/C22H22N2O6S/c1-11-15-8-9-23-21(30-31(5,26)27)19(15)12(2)18-16-10-14(29-22(25)13(3)28-4)6-7-17(16)24-20(11)18/h6-10,13,24H,1-5H3. The Bertz CT molecular complexity index is 1460. The molecule has 0 amide bonds. The van der Waals surface area contributed by atoms with E-state index in [-0.39, 0.29) is 5.88 Å². The Balaban J connectivity index is 1.99. The maximum atomic E-state index is 12.1. The van der Waals surface area contributed by atoms with Gasteiger partial charge >= 0.3 is 16.1 Å². The maximum Gasteiger partial charge on any atom is 0.340 e. The summed E-state index contributed by atoms with van der Waals surface area (Å²) < 4.78 is 39.2. The Morgan fingerprint density at radius 3 is 2.52 bits per heavy atom. The molecular weight excluding hydrogens is 420 g/mol. The van der Waals surface area contributed by atoms with Crippen LogP contribution in [-0.4, -0.2) is 43.8 Å². The predicted octanol–water partition coefficient (Wildman–Crippen LogP) is 3.76. The molecule has 1 atom stereocenters. The lowest BCUT2D eigenvalue weighted by Crippen LogP contribution is -2.24. The van der Waals surface area contributed by atoms with Crippen molar-refractivity contribution in [3.8, 4) is 11.6 Å². The molecule has 0 spiro atoms. The van der Waals surface area contributed by atoms with Crippen LogP contribution in [0.5, 0.6) is 11.6 Å². The molecule has 4 aromatic rings. The average Bonchev–Trinajstić information content (AvgIpc) is 3.09. The first kappa shape index (κ1) is 21.1. The molecule has 0 saturated heterocycles. The summed E-state index contributed by atoms with van der Waals surface area (Å²) >= 11 is 0. The van der Waals surface area contributed by atoms with E-state index in [0.717, 1.165) is 44.6 Å². The van der Waals surface area contributed by atoms with E-state index in [1.54, 1.807) is 19.1 Å². The van der Waals surface area contributed by atoms with Crippen LogP contribution in [0.4, 0.5) is 0 Å². The van der Waals surface area contributed by atoms with Gasteiger partial charge in [-0.2, -0.15) is 8.42 Å². The maximum absolute atomic E-state index is 12.1. The highest BCUT2D eigenvalue weighted by atomic mass is 32.2. The van der Waals surface area contributed by atoms with Crippen molar-refractivity contribution in [1.29, 1.82) is 0 Å². The normalized spacial score (nSPS) is 13.1. The molecular formula is C22H22N2O6S. The summed E-state index contributed by atoms with van der Waals surface area (Å²) in [6.07, 6.45) is 1.83. The van der Waals surface area contributed by atoms with E-state index in [2.05, 4.69) is 9.97 Å². The molecule has 0 aliphatic heterocycles. The molecule has 0 radical (unpaired) electrons. The topological polar surface area (TPSA) is 108 Å². The van der Waals surface area contributed by atoms with Crippen molar-refractivity contribution in [2.24, 2.45) is 0 Å². The first-order valence-corrected chi connectivity index (χ1v) is 11.4. The number of esters is 1. The first-order chi connectivity index (χ1) is 14.6. The largest absolute Gasteiger partial charge is 0.425 e. The highest BCUT2D eigenvalue weighted by molar-refractivity contribution is 7.86. The van der Waals surface area contributed by atoms with Gasteiger partial charge in [0.2, 0.25) is 5.88 Å². The number of fused-ring (bicyclic) bond motifs is 4. The van der Waals surface area contributed by atoms with Gasteiger partial charge < -0.3 is 18.6 Å². The number of ether oxygens (including phenoxy) is 2. The third kappa shape index (κ3) is 3.70. The van der Waals surface area contributed by atoms with Gasteiger partial charge in [-0.05, 0) is 61.5 Å². The molecule has 2 aromatic carbocycles. The zero-order valence-electron chi connectivity index (χ0n) is 17.8. The summed E-state index contributed by atoms with van der Waals surface area (Å²) in [5.74, 6) is -0.0697. The van der Waals surface area contributed by atoms with Crippen molar-refractivity contribution in [2.45, 2.75) is 26.9 Å². The molecule has 2 heterocycles. The molecule has 1 unspecified atom stereocenters. The summed E-state index contributed by atoms with van der Waals surface area (Å²) in [6, 6.07) is 7.16. The molecule has 9 heteroatoms. The smallest absolute Gasteiger partial charge is 0.340 e. The van der Waals surface area contributed by atoms with E-state index in [9.17, 15) is 13.2 Å². The Labute approximate surface area is 179 Å². The van der Waals surface area contributed by atoms with Crippen LogP contribution in [-0.2, 0) is 19.6 Å². The number of carbonyl (C=O) groups is 1. The Kier molecular flexibility index (Phi) is 5.10. The van der Waals surface area contributed by atoms with Gasteiger partial charge in [0.25, 0.3) is 0 Å². The van der Waals surface area contributed by atoms with E-state index < -0.39 is 22.2 Å². The van der Waals surface area contributed by atoms with Crippen LogP contribution in [0.25, 0.3) is 32.6 Å². The van der Waals surface area contributed by atoms with Gasteiger partial charge in [0, 0.05) is 35.0 Å². The SMILES string of the molecule is COC(C)C(=O)Oc1ccc2[nH]c3c(C)c4ccnc(OS(C)(=O)=O)c4c(C)c3c2c1. The van der Waals surface area contributed by atoms with Crippen LogP contribution < -0.4 is 8.92 Å². The lowest BCUT2D eigenvalue weighted by atomic mass is 9.96. The van der Waals surface area contributed by atoms with Crippen LogP contribution in [0.15, 0.2) is 30.5 Å². The second-order valence-corrected chi connectivity index (χ2v) is 9.03. The Morgan fingerprint density at radius 2 is 1.84 bits per heavy atom. The van der Waals surface area contributed by atoms with Crippen LogP contribution in [0, 0.1) is 13.8 Å². The van der Waals surface area contributed by atoms with E-state index in [1.165, 1.54) is 13.3 Å². The molecule has 31 heavy (non-hydrogen) atoms. The molecule has 1 N–H and O–H groups in total. The minimum atomic E-state index is -3.75. The highest BCUT2D eigenvalue weighted by Gasteiger charge is 2.20. The van der Waals surface area contributed by atoms with Gasteiger partial charge in [0.05, 0.1) is 11.8 Å². The molecule has 0 saturated carbocycles. The van der Waals surface area contributed by atoms with Crippen molar-refractivity contribution in [3.05, 3.63) is 41.6 Å². The Morgan fingerprint density at radius 1 is 1.10 bits per heavy atom. The first-order valence-electron chi connectivity index (χ1n) is 9.58. The lowest BCUT2D eigenvalue weighted by molar-refractivity contribution is -0.144. The van der Waals surface area contributed by atoms with E-state index in [1.807, 2.05) is 26.0 Å². The van der Waals surface area contributed by atoms with Gasteiger partial charge in [-0.3, -0.25) is 0 Å². The number of hydrogen-bond acceptors (Lipinski definition) is 7. The highest BCUT2D eigenvalue weighted by Crippen LogP contribution is 2.40. The lowest BCUT2D eigenvalue weighted by Gasteiger charge is -2.12. The molecule has 0 fully saturated rings. The predicted molar refractivity (Wildman–Crippen MR) is 118 cm³/mol. The van der Waals surface area contributed by atoms with Gasteiger partial charge in [-0.25, -0.2) is 9.78 Å². The second kappa shape index (κ2) is 7.51. The fourth-order valence-corrected chi connectivity index (χ4v) is 4.20. The summed E-state index contributed by atoms with van der Waals surface area (Å²) in [6.45, 7) is 5.45. The molecule has 0 aliphatic rings. The quantitative estimate of drug-likeness (QED) is 0.285. The van der Waals surface area contributed by atoms with E-state index >= 15 is 0 Å². The zero-order chi connectivity index (χ0) is 22.5. The summed E-state index contributed by atoms with van der Waals surface area (Å²) in [4.78, 5) is 19.7. The second-order valence-electron chi connectivity index (χ2n) is 7.46. The number of H-pyrrole nitrogens is 1. The van der Waals surface area contributed by atoms with Crippen molar-refractivity contribution < 1.29 is 26.9 Å². The zero-order valence-corrected chi connectivity index (χ0v) is 18.6. The average molecular weight is 442 g/mol. The number of benzene rings is 2. The molecule has 2 aromatic heterocycles. The number of aromatic nitrogens is 2. The number of hydrogen-bond donors (Lipinski definition) is 1. The van der Waals surface area contributed by atoms with Gasteiger partial charge in [0.15, 0.2) is 6.10 Å². The van der Waals surface area contributed by atoms with Crippen molar-refractivity contribution >= 4 is 48.7 Å². The molecule has 162 valence electrons. The molecule has 8 nitrogen and oxygen atoms in total. The van der Waals surface area contributed by atoms with Gasteiger partial charge in [-0.1, -0.05) is 0 Å². The number of nitrogens with zero attached hydrogens (tertiary/aromatic N) is 1. The molecule has 0 bridgehead atoms. The number of pyridine rings is 1. The van der Waals surface area contributed by atoms with Crippen molar-refractivity contribution in [3.63, 3.8) is 0 Å². The fourth-order valence-electron chi connectivity index (χ4n) is 3.78. The number of nitrogens with one attached hydrogen (secondary N) is 1. The Hall–Kier alpha value is -3.17. The number of aryl methyl sites for hydroxylation is 2. The summed E-state index contributed by atoms with van der Waals surface area (Å²) in [5.41, 5.74) is 3.50. The fraction of sp³-hybridized carbons (Fsp3) is 0.273. The van der Waals surface area contributed by atoms with E-state index in [0.29, 0.717) is 11.1 Å². The van der Waals surface area contributed by atoms with Crippen LogP contribution in [0.1, 0.15) is 18.1 Å². The number of aromatic amines is 1. The third-order valence-electron chi connectivity index (χ3n) is 5.35. The van der Waals surface area contributed by atoms with Crippen LogP contribution >= 0.6 is 0 Å².